The second kappa shape index (κ2) is 7.16. The summed E-state index contributed by atoms with van der Waals surface area (Å²) in [6, 6.07) is 12.6. The van der Waals surface area contributed by atoms with E-state index in [0.29, 0.717) is 0 Å². The summed E-state index contributed by atoms with van der Waals surface area (Å²) in [4.78, 5) is 36.4. The predicted octanol–water partition coefficient (Wildman–Crippen LogP) is 4.47. The highest BCUT2D eigenvalue weighted by Crippen LogP contribution is 2.38. The van der Waals surface area contributed by atoms with Crippen molar-refractivity contribution in [1.29, 1.82) is 0 Å². The van der Waals surface area contributed by atoms with E-state index in [4.69, 9.17) is 5.11 Å². The van der Waals surface area contributed by atoms with Gasteiger partial charge in [-0.25, -0.2) is 4.79 Å². The van der Waals surface area contributed by atoms with E-state index in [-0.39, 0.29) is 22.9 Å². The smallest absolute Gasteiger partial charge is 0.335 e. The number of hydrogen-bond acceptors (Lipinski definition) is 4. The predicted molar refractivity (Wildman–Crippen MR) is 107 cm³/mol. The van der Waals surface area contributed by atoms with Crippen molar-refractivity contribution in [2.75, 3.05) is 5.75 Å². The number of allylic oxidation sites excluding steroid dienone is 1. The van der Waals surface area contributed by atoms with Gasteiger partial charge in [-0.15, -0.1) is 11.8 Å². The number of carboxylic acids is 1. The fourth-order valence-corrected chi connectivity index (χ4v) is 4.18. The normalized spacial score (nSPS) is 16.6. The van der Waals surface area contributed by atoms with Crippen molar-refractivity contribution in [1.82, 2.24) is 0 Å². The summed E-state index contributed by atoms with van der Waals surface area (Å²) in [7, 11) is 0. The van der Waals surface area contributed by atoms with Crippen molar-refractivity contribution < 1.29 is 19.5 Å². The van der Waals surface area contributed by atoms with Crippen molar-refractivity contribution in [3.05, 3.63) is 64.7 Å². The Morgan fingerprint density at radius 2 is 1.70 bits per heavy atom. The Labute approximate surface area is 162 Å². The van der Waals surface area contributed by atoms with E-state index in [2.05, 4.69) is 0 Å². The van der Waals surface area contributed by atoms with Crippen molar-refractivity contribution in [2.45, 2.75) is 31.1 Å². The molecule has 1 aliphatic heterocycles. The number of hydrogen-bond donors (Lipinski definition) is 1. The van der Waals surface area contributed by atoms with Crippen LogP contribution in [0, 0.1) is 0 Å². The van der Waals surface area contributed by atoms with Crippen LogP contribution in [0.4, 0.5) is 0 Å². The first kappa shape index (κ1) is 19.1. The molecule has 2 aromatic rings. The summed E-state index contributed by atoms with van der Waals surface area (Å²) in [6.07, 6.45) is 1.97. The van der Waals surface area contributed by atoms with Gasteiger partial charge in [0, 0.05) is 4.90 Å². The zero-order chi connectivity index (χ0) is 19.8. The van der Waals surface area contributed by atoms with Crippen LogP contribution in [0.5, 0.6) is 0 Å². The molecule has 1 aliphatic rings. The van der Waals surface area contributed by atoms with E-state index >= 15 is 0 Å². The summed E-state index contributed by atoms with van der Waals surface area (Å²) in [5, 5.41) is 8.99. The van der Waals surface area contributed by atoms with Crippen LogP contribution in [0.15, 0.2) is 47.4 Å². The topological polar surface area (TPSA) is 71.4 Å². The molecule has 2 aromatic carbocycles. The standard InChI is InChI=1S/C22H20O4S/c1-13(10-14-4-6-15(7-5-14)21(25)26)16-8-9-19-17(11-16)22(2,3)20(24)18(23)12-27-19/h4-11H,12H2,1-3H3,(H,25,26). The lowest BCUT2D eigenvalue weighted by molar-refractivity contribution is -0.137. The Kier molecular flexibility index (Phi) is 5.07. The number of fused-ring (bicyclic) bond motifs is 1. The van der Waals surface area contributed by atoms with Crippen molar-refractivity contribution >= 4 is 40.9 Å². The van der Waals surface area contributed by atoms with Crippen LogP contribution in [0.3, 0.4) is 0 Å². The van der Waals surface area contributed by atoms with E-state index in [1.807, 2.05) is 31.2 Å². The van der Waals surface area contributed by atoms with Gasteiger partial charge in [-0.2, -0.15) is 0 Å². The Morgan fingerprint density at radius 1 is 1.07 bits per heavy atom. The quantitative estimate of drug-likeness (QED) is 0.628. The van der Waals surface area contributed by atoms with Gasteiger partial charge < -0.3 is 5.11 Å². The summed E-state index contributed by atoms with van der Waals surface area (Å²) >= 11 is 1.41. The van der Waals surface area contributed by atoms with Gasteiger partial charge in [0.1, 0.15) is 0 Å². The van der Waals surface area contributed by atoms with Crippen LogP contribution >= 0.6 is 11.8 Å². The Balaban J connectivity index is 1.99. The first-order chi connectivity index (χ1) is 12.7. The van der Waals surface area contributed by atoms with Crippen molar-refractivity contribution in [3.8, 4) is 0 Å². The first-order valence-corrected chi connectivity index (χ1v) is 9.55. The van der Waals surface area contributed by atoms with Gasteiger partial charge in [0.05, 0.1) is 16.7 Å². The highest BCUT2D eigenvalue weighted by atomic mass is 32.2. The number of rotatable bonds is 3. The fraction of sp³-hybridized carbons (Fsp3) is 0.227. The van der Waals surface area contributed by atoms with E-state index in [9.17, 15) is 14.4 Å². The van der Waals surface area contributed by atoms with Crippen molar-refractivity contribution in [3.63, 3.8) is 0 Å². The molecular weight excluding hydrogens is 360 g/mol. The Hall–Kier alpha value is -2.66. The highest BCUT2D eigenvalue weighted by molar-refractivity contribution is 8.00. The second-order valence-electron chi connectivity index (χ2n) is 7.13. The minimum Gasteiger partial charge on any atom is -0.478 e. The lowest BCUT2D eigenvalue weighted by Gasteiger charge is -2.23. The molecule has 0 amide bonds. The van der Waals surface area contributed by atoms with E-state index in [0.717, 1.165) is 27.2 Å². The number of Topliss-reactive ketones (excluding diaryl/α,β-unsaturated/α-hetero) is 2. The van der Waals surface area contributed by atoms with Gasteiger partial charge in [0.25, 0.3) is 0 Å². The molecule has 0 saturated carbocycles. The number of ketones is 2. The third-order valence-electron chi connectivity index (χ3n) is 4.83. The molecule has 0 saturated heterocycles. The monoisotopic (exact) mass is 380 g/mol. The Bertz CT molecular complexity index is 968. The van der Waals surface area contributed by atoms with Crippen LogP contribution in [-0.2, 0) is 15.0 Å². The second-order valence-corrected chi connectivity index (χ2v) is 8.15. The minimum atomic E-state index is -0.952. The molecule has 4 nitrogen and oxygen atoms in total. The van der Waals surface area contributed by atoms with Crippen LogP contribution in [0.25, 0.3) is 11.6 Å². The summed E-state index contributed by atoms with van der Waals surface area (Å²) in [6.45, 7) is 5.56. The van der Waals surface area contributed by atoms with Gasteiger partial charge in [-0.3, -0.25) is 9.59 Å². The minimum absolute atomic E-state index is 0.180. The molecule has 0 fully saturated rings. The molecule has 5 heteroatoms. The SMILES string of the molecule is CC(=Cc1ccc(C(=O)O)cc1)c1ccc2c(c1)C(C)(C)C(=O)C(=O)CS2. The van der Waals surface area contributed by atoms with Gasteiger partial charge in [-0.05, 0) is 67.3 Å². The molecule has 138 valence electrons. The summed E-state index contributed by atoms with van der Waals surface area (Å²) in [5.41, 5.74) is 3.12. The van der Waals surface area contributed by atoms with Crippen LogP contribution in [0.2, 0.25) is 0 Å². The highest BCUT2D eigenvalue weighted by Gasteiger charge is 2.38. The molecule has 0 unspecified atom stereocenters. The molecule has 27 heavy (non-hydrogen) atoms. The molecular formula is C22H20O4S. The van der Waals surface area contributed by atoms with Gasteiger partial charge in [-0.1, -0.05) is 24.3 Å². The van der Waals surface area contributed by atoms with Gasteiger partial charge >= 0.3 is 5.97 Å². The average Bonchev–Trinajstić information content (AvgIpc) is 2.72. The number of aromatic carboxylic acids is 1. The zero-order valence-electron chi connectivity index (χ0n) is 15.4. The molecule has 0 aliphatic carbocycles. The number of carbonyl (C=O) groups excluding carboxylic acids is 2. The number of carboxylic acid groups (broad SMARTS) is 1. The zero-order valence-corrected chi connectivity index (χ0v) is 16.2. The molecule has 0 radical (unpaired) electrons. The van der Waals surface area contributed by atoms with Gasteiger partial charge in [0.15, 0.2) is 0 Å². The molecule has 0 bridgehead atoms. The van der Waals surface area contributed by atoms with Crippen molar-refractivity contribution in [2.24, 2.45) is 0 Å². The maximum absolute atomic E-state index is 12.5. The summed E-state index contributed by atoms with van der Waals surface area (Å²) in [5.74, 6) is -1.46. The fourth-order valence-electron chi connectivity index (χ4n) is 3.12. The van der Waals surface area contributed by atoms with E-state index in [1.54, 1.807) is 38.1 Å². The number of carbonyl (C=O) groups is 3. The van der Waals surface area contributed by atoms with Crippen LogP contribution in [0.1, 0.15) is 47.8 Å². The average molecular weight is 380 g/mol. The maximum atomic E-state index is 12.5. The molecule has 1 heterocycles. The third kappa shape index (κ3) is 3.74. The van der Waals surface area contributed by atoms with Crippen LogP contribution < -0.4 is 0 Å². The van der Waals surface area contributed by atoms with Gasteiger partial charge in [0.2, 0.25) is 11.6 Å². The summed E-state index contributed by atoms with van der Waals surface area (Å²) < 4.78 is 0. The third-order valence-corrected chi connectivity index (χ3v) is 5.90. The molecule has 0 aromatic heterocycles. The largest absolute Gasteiger partial charge is 0.478 e. The molecule has 3 rings (SSSR count). The lowest BCUT2D eigenvalue weighted by atomic mass is 9.78. The van der Waals surface area contributed by atoms with Crippen LogP contribution in [-0.4, -0.2) is 28.4 Å². The lowest BCUT2D eigenvalue weighted by Crippen LogP contribution is -2.34. The Morgan fingerprint density at radius 3 is 2.33 bits per heavy atom. The maximum Gasteiger partial charge on any atom is 0.335 e. The molecule has 0 spiro atoms. The molecule has 1 N–H and O–H groups in total. The number of benzene rings is 2. The van der Waals surface area contributed by atoms with E-state index < -0.39 is 11.4 Å². The van der Waals surface area contributed by atoms with E-state index in [1.165, 1.54) is 11.8 Å². The molecule has 0 atom stereocenters. The number of thioether (sulfide) groups is 1. The first-order valence-electron chi connectivity index (χ1n) is 8.57.